The lowest BCUT2D eigenvalue weighted by atomic mass is 9.71. The van der Waals surface area contributed by atoms with Crippen LogP contribution in [0, 0.1) is 12.8 Å². The van der Waals surface area contributed by atoms with Crippen molar-refractivity contribution in [3.63, 3.8) is 0 Å². The number of hydrogen-bond acceptors (Lipinski definition) is 3. The van der Waals surface area contributed by atoms with Crippen molar-refractivity contribution >= 4 is 11.7 Å². The number of para-hydroxylation sites is 1. The number of hydrogen-bond donors (Lipinski definition) is 1. The molecule has 1 fully saturated rings. The third-order valence-corrected chi connectivity index (χ3v) is 4.62. The molecule has 1 aromatic rings. The predicted molar refractivity (Wildman–Crippen MR) is 81.8 cm³/mol. The minimum absolute atomic E-state index is 0.118. The van der Waals surface area contributed by atoms with Crippen LogP contribution in [-0.2, 0) is 9.53 Å². The highest BCUT2D eigenvalue weighted by atomic mass is 16.5. The summed E-state index contributed by atoms with van der Waals surface area (Å²) >= 11 is 0. The highest BCUT2D eigenvalue weighted by molar-refractivity contribution is 5.85. The molecule has 0 bridgehead atoms. The molecule has 0 aromatic heterocycles. The second-order valence-corrected chi connectivity index (χ2v) is 5.75. The molecule has 0 saturated heterocycles. The number of anilines is 1. The number of rotatable bonds is 4. The van der Waals surface area contributed by atoms with Gasteiger partial charge in [-0.2, -0.15) is 0 Å². The minimum Gasteiger partial charge on any atom is -0.467 e. The van der Waals surface area contributed by atoms with Crippen LogP contribution in [0.5, 0.6) is 0 Å². The Morgan fingerprint density at radius 2 is 2.15 bits per heavy atom. The van der Waals surface area contributed by atoms with E-state index in [0.717, 1.165) is 36.9 Å². The van der Waals surface area contributed by atoms with Crippen LogP contribution in [0.4, 0.5) is 5.69 Å². The number of ether oxygens (including phenoxy) is 1. The number of esters is 1. The summed E-state index contributed by atoms with van der Waals surface area (Å²) in [6.45, 7) is 4.23. The zero-order valence-corrected chi connectivity index (χ0v) is 12.7. The molecule has 0 spiro atoms. The van der Waals surface area contributed by atoms with E-state index in [-0.39, 0.29) is 5.97 Å². The summed E-state index contributed by atoms with van der Waals surface area (Å²) < 4.78 is 5.14. The van der Waals surface area contributed by atoms with Crippen LogP contribution in [0.1, 0.15) is 44.6 Å². The maximum absolute atomic E-state index is 12.5. The van der Waals surface area contributed by atoms with Gasteiger partial charge in [0, 0.05) is 5.69 Å². The molecule has 3 nitrogen and oxygen atoms in total. The van der Waals surface area contributed by atoms with E-state index >= 15 is 0 Å². The molecule has 2 atom stereocenters. The number of aryl methyl sites for hydroxylation is 1. The van der Waals surface area contributed by atoms with Crippen molar-refractivity contribution in [2.75, 3.05) is 12.4 Å². The third-order valence-electron chi connectivity index (χ3n) is 4.62. The van der Waals surface area contributed by atoms with Gasteiger partial charge >= 0.3 is 5.97 Å². The van der Waals surface area contributed by atoms with Crippen molar-refractivity contribution in [3.05, 3.63) is 29.8 Å². The van der Waals surface area contributed by atoms with Gasteiger partial charge < -0.3 is 10.1 Å². The standard InChI is InChI=1S/C17H25NO2/c1-4-14-10-7-8-12-17(14,16(19)20-3)18-15-11-6-5-9-13(15)2/h5-6,9,11,14,18H,4,7-8,10,12H2,1-3H3. The van der Waals surface area contributed by atoms with Crippen molar-refractivity contribution in [2.24, 2.45) is 5.92 Å². The Morgan fingerprint density at radius 3 is 2.80 bits per heavy atom. The van der Waals surface area contributed by atoms with Crippen LogP contribution in [0.3, 0.4) is 0 Å². The Bertz CT molecular complexity index is 472. The molecule has 2 unspecified atom stereocenters. The van der Waals surface area contributed by atoms with Gasteiger partial charge in [-0.3, -0.25) is 0 Å². The lowest BCUT2D eigenvalue weighted by Gasteiger charge is -2.43. The average Bonchev–Trinajstić information content (AvgIpc) is 2.49. The van der Waals surface area contributed by atoms with Gasteiger partial charge in [0.05, 0.1) is 7.11 Å². The zero-order chi connectivity index (χ0) is 14.6. The van der Waals surface area contributed by atoms with Gasteiger partial charge in [0.15, 0.2) is 0 Å². The minimum atomic E-state index is -0.562. The largest absolute Gasteiger partial charge is 0.467 e. The van der Waals surface area contributed by atoms with Crippen molar-refractivity contribution in [1.82, 2.24) is 0 Å². The van der Waals surface area contributed by atoms with E-state index < -0.39 is 5.54 Å². The number of nitrogens with one attached hydrogen (secondary N) is 1. The van der Waals surface area contributed by atoms with Gasteiger partial charge in [-0.1, -0.05) is 44.4 Å². The summed E-state index contributed by atoms with van der Waals surface area (Å²) in [6, 6.07) is 8.13. The van der Waals surface area contributed by atoms with Gasteiger partial charge in [0.2, 0.25) is 0 Å². The zero-order valence-electron chi connectivity index (χ0n) is 12.7. The Kier molecular flexibility index (Phi) is 4.69. The first-order valence-corrected chi connectivity index (χ1v) is 7.56. The molecule has 1 N–H and O–H groups in total. The summed E-state index contributed by atoms with van der Waals surface area (Å²) in [4.78, 5) is 12.5. The van der Waals surface area contributed by atoms with Crippen LogP contribution >= 0.6 is 0 Å². The second kappa shape index (κ2) is 6.29. The molecule has 0 aliphatic heterocycles. The lowest BCUT2D eigenvalue weighted by Crippen LogP contribution is -2.54. The smallest absolute Gasteiger partial charge is 0.331 e. The lowest BCUT2D eigenvalue weighted by molar-refractivity contribution is -0.149. The predicted octanol–water partition coefficient (Wildman–Crippen LogP) is 3.92. The SMILES string of the molecule is CCC1CCCCC1(Nc1ccccc1C)C(=O)OC. The van der Waals surface area contributed by atoms with Gasteiger partial charge in [0.1, 0.15) is 5.54 Å². The Hall–Kier alpha value is -1.51. The fraction of sp³-hybridized carbons (Fsp3) is 0.588. The number of benzene rings is 1. The topological polar surface area (TPSA) is 38.3 Å². The first-order valence-electron chi connectivity index (χ1n) is 7.56. The van der Waals surface area contributed by atoms with E-state index in [1.165, 1.54) is 13.5 Å². The molecular formula is C17H25NO2. The van der Waals surface area contributed by atoms with Crippen molar-refractivity contribution in [2.45, 2.75) is 51.5 Å². The van der Waals surface area contributed by atoms with Crippen molar-refractivity contribution in [3.8, 4) is 0 Å². The third kappa shape index (κ3) is 2.67. The summed E-state index contributed by atoms with van der Waals surface area (Å²) in [5, 5.41) is 3.54. The monoisotopic (exact) mass is 275 g/mol. The normalized spacial score (nSPS) is 26.1. The summed E-state index contributed by atoms with van der Waals surface area (Å²) in [5.74, 6) is 0.218. The highest BCUT2D eigenvalue weighted by Gasteiger charge is 2.47. The maximum atomic E-state index is 12.5. The molecule has 0 amide bonds. The molecular weight excluding hydrogens is 250 g/mol. The Balaban J connectivity index is 2.36. The van der Waals surface area contributed by atoms with Gasteiger partial charge in [-0.05, 0) is 37.3 Å². The van der Waals surface area contributed by atoms with E-state index in [2.05, 4.69) is 25.2 Å². The maximum Gasteiger partial charge on any atom is 0.331 e. The molecule has 1 aromatic carbocycles. The van der Waals surface area contributed by atoms with Gasteiger partial charge in [-0.15, -0.1) is 0 Å². The Labute approximate surface area is 121 Å². The van der Waals surface area contributed by atoms with Crippen LogP contribution < -0.4 is 5.32 Å². The Morgan fingerprint density at radius 1 is 1.40 bits per heavy atom. The molecule has 0 heterocycles. The molecule has 3 heteroatoms. The molecule has 1 aliphatic carbocycles. The van der Waals surface area contributed by atoms with E-state index in [0.29, 0.717) is 5.92 Å². The average molecular weight is 275 g/mol. The first-order chi connectivity index (χ1) is 9.64. The van der Waals surface area contributed by atoms with Gasteiger partial charge in [-0.25, -0.2) is 4.79 Å². The molecule has 1 saturated carbocycles. The fourth-order valence-corrected chi connectivity index (χ4v) is 3.42. The molecule has 1 aliphatic rings. The first kappa shape index (κ1) is 14.9. The molecule has 20 heavy (non-hydrogen) atoms. The van der Waals surface area contributed by atoms with E-state index in [4.69, 9.17) is 4.74 Å². The van der Waals surface area contributed by atoms with Crippen molar-refractivity contribution in [1.29, 1.82) is 0 Å². The second-order valence-electron chi connectivity index (χ2n) is 5.75. The number of carbonyl (C=O) groups is 1. The highest BCUT2D eigenvalue weighted by Crippen LogP contribution is 2.40. The van der Waals surface area contributed by atoms with E-state index in [1.807, 2.05) is 18.2 Å². The summed E-state index contributed by atoms with van der Waals surface area (Å²) in [5.41, 5.74) is 1.64. The fourth-order valence-electron chi connectivity index (χ4n) is 3.42. The van der Waals surface area contributed by atoms with Crippen LogP contribution in [-0.4, -0.2) is 18.6 Å². The van der Waals surface area contributed by atoms with E-state index in [1.54, 1.807) is 0 Å². The van der Waals surface area contributed by atoms with Crippen LogP contribution in [0.25, 0.3) is 0 Å². The molecule has 2 rings (SSSR count). The number of carbonyl (C=O) groups excluding carboxylic acids is 1. The molecule has 110 valence electrons. The van der Waals surface area contributed by atoms with Crippen LogP contribution in [0.2, 0.25) is 0 Å². The summed E-state index contributed by atoms with van der Waals surface area (Å²) in [7, 11) is 1.49. The summed E-state index contributed by atoms with van der Waals surface area (Å²) in [6.07, 6.45) is 5.21. The number of methoxy groups -OCH3 is 1. The quantitative estimate of drug-likeness (QED) is 0.846. The van der Waals surface area contributed by atoms with Crippen LogP contribution in [0.15, 0.2) is 24.3 Å². The van der Waals surface area contributed by atoms with E-state index in [9.17, 15) is 4.79 Å². The molecule has 0 radical (unpaired) electrons. The van der Waals surface area contributed by atoms with Gasteiger partial charge in [0.25, 0.3) is 0 Å². The van der Waals surface area contributed by atoms with Crippen molar-refractivity contribution < 1.29 is 9.53 Å².